The van der Waals surface area contributed by atoms with Crippen LogP contribution in [-0.4, -0.2) is 47.3 Å². The molecule has 5 rings (SSSR count). The molecule has 0 fully saturated rings. The topological polar surface area (TPSA) is 94.6 Å². The van der Waals surface area contributed by atoms with E-state index in [0.717, 1.165) is 45.5 Å². The summed E-state index contributed by atoms with van der Waals surface area (Å²) in [5.41, 5.74) is 1.74. The first kappa shape index (κ1) is 24.8. The highest BCUT2D eigenvalue weighted by Crippen LogP contribution is 2.34. The standard InChI is InChI=1S/C17H18N2O3.C9H11BrN2O/c1-17(2)10-18-15-14(22-17)8-7-13(19-15)11-5-4-6-12(9-11)16(20)21-3;1-9(2)5-11-8-6(13-9)3-4-7(10)12-8/h4-9H,10H2,1-3H3,(H,18,19);3-4H,5H2,1-2H3,(H,11,12). The average Bonchev–Trinajstić information content (AvgIpc) is 2.83. The predicted molar refractivity (Wildman–Crippen MR) is 139 cm³/mol. The number of anilines is 2. The number of fused-ring (bicyclic) bond motifs is 2. The van der Waals surface area contributed by atoms with E-state index in [-0.39, 0.29) is 17.2 Å². The average molecular weight is 541 g/mol. The molecule has 0 spiro atoms. The number of pyridine rings is 2. The van der Waals surface area contributed by atoms with Crippen molar-refractivity contribution in [2.24, 2.45) is 0 Å². The fourth-order valence-corrected chi connectivity index (χ4v) is 3.94. The molecule has 2 N–H and O–H groups in total. The molecule has 0 saturated carbocycles. The largest absolute Gasteiger partial charge is 0.482 e. The van der Waals surface area contributed by atoms with Crippen LogP contribution in [0, 0.1) is 0 Å². The minimum atomic E-state index is -0.358. The number of nitrogens with zero attached hydrogens (tertiary/aromatic N) is 2. The van der Waals surface area contributed by atoms with Gasteiger partial charge in [0.1, 0.15) is 15.8 Å². The van der Waals surface area contributed by atoms with Gasteiger partial charge in [-0.15, -0.1) is 0 Å². The summed E-state index contributed by atoms with van der Waals surface area (Å²) < 4.78 is 17.2. The number of benzene rings is 1. The second-order valence-electron chi connectivity index (χ2n) is 9.53. The minimum Gasteiger partial charge on any atom is -0.482 e. The predicted octanol–water partition coefficient (Wildman–Crippen LogP) is 5.55. The van der Waals surface area contributed by atoms with Gasteiger partial charge in [-0.2, -0.15) is 0 Å². The highest BCUT2D eigenvalue weighted by Gasteiger charge is 2.28. The molecule has 8 nitrogen and oxygen atoms in total. The molecule has 2 aliphatic rings. The van der Waals surface area contributed by atoms with Gasteiger partial charge in [0.15, 0.2) is 23.1 Å². The summed E-state index contributed by atoms with van der Waals surface area (Å²) in [6.45, 7) is 9.62. The molecular weight excluding hydrogens is 512 g/mol. The van der Waals surface area contributed by atoms with Gasteiger partial charge in [0.25, 0.3) is 0 Å². The number of esters is 1. The van der Waals surface area contributed by atoms with Gasteiger partial charge in [-0.3, -0.25) is 0 Å². The van der Waals surface area contributed by atoms with Gasteiger partial charge in [-0.25, -0.2) is 14.8 Å². The summed E-state index contributed by atoms with van der Waals surface area (Å²) in [5, 5.41) is 6.51. The molecule has 2 aliphatic heterocycles. The number of ether oxygens (including phenoxy) is 3. The summed E-state index contributed by atoms with van der Waals surface area (Å²) in [5.74, 6) is 2.74. The Morgan fingerprint density at radius 2 is 1.51 bits per heavy atom. The van der Waals surface area contributed by atoms with E-state index < -0.39 is 0 Å². The molecule has 0 unspecified atom stereocenters. The van der Waals surface area contributed by atoms with Crippen molar-refractivity contribution >= 4 is 33.5 Å². The molecular formula is C26H29BrN4O4. The van der Waals surface area contributed by atoms with E-state index in [9.17, 15) is 4.79 Å². The number of hydrogen-bond donors (Lipinski definition) is 2. The van der Waals surface area contributed by atoms with Crippen molar-refractivity contribution in [2.75, 3.05) is 30.8 Å². The Hall–Kier alpha value is -3.33. The molecule has 0 radical (unpaired) electrons. The Morgan fingerprint density at radius 1 is 0.914 bits per heavy atom. The van der Waals surface area contributed by atoms with Crippen molar-refractivity contribution < 1.29 is 19.0 Å². The van der Waals surface area contributed by atoms with Gasteiger partial charge in [-0.1, -0.05) is 12.1 Å². The zero-order valence-electron chi connectivity index (χ0n) is 20.4. The van der Waals surface area contributed by atoms with Crippen LogP contribution < -0.4 is 20.1 Å². The first-order valence-corrected chi connectivity index (χ1v) is 12.1. The molecule has 4 heterocycles. The van der Waals surface area contributed by atoms with Crippen LogP contribution in [0.5, 0.6) is 11.5 Å². The lowest BCUT2D eigenvalue weighted by Gasteiger charge is -2.32. The van der Waals surface area contributed by atoms with Crippen molar-refractivity contribution in [3.05, 3.63) is 58.7 Å². The fourth-order valence-electron chi connectivity index (χ4n) is 3.63. The quantitative estimate of drug-likeness (QED) is 0.323. The summed E-state index contributed by atoms with van der Waals surface area (Å²) in [6.07, 6.45) is 0. The Labute approximate surface area is 213 Å². The number of nitrogens with one attached hydrogen (secondary N) is 2. The smallest absolute Gasteiger partial charge is 0.337 e. The van der Waals surface area contributed by atoms with Crippen LogP contribution in [-0.2, 0) is 4.74 Å². The highest BCUT2D eigenvalue weighted by atomic mass is 79.9. The molecule has 9 heteroatoms. The van der Waals surface area contributed by atoms with Crippen LogP contribution in [0.1, 0.15) is 38.1 Å². The lowest BCUT2D eigenvalue weighted by Crippen LogP contribution is -2.40. The first-order valence-electron chi connectivity index (χ1n) is 11.3. The van der Waals surface area contributed by atoms with E-state index in [1.807, 2.05) is 64.1 Å². The SMILES string of the molecule is CC1(C)CNc2nc(Br)ccc2O1.COC(=O)c1cccc(-c2ccc3c(n2)NCC(C)(C)O3)c1. The third-order valence-electron chi connectivity index (χ3n) is 5.40. The molecule has 0 aliphatic carbocycles. The number of hydrogen-bond acceptors (Lipinski definition) is 8. The molecule has 3 aromatic rings. The zero-order valence-corrected chi connectivity index (χ0v) is 22.0. The maximum Gasteiger partial charge on any atom is 0.337 e. The number of aromatic nitrogens is 2. The molecule has 0 saturated heterocycles. The van der Waals surface area contributed by atoms with Gasteiger partial charge in [0.2, 0.25) is 0 Å². The highest BCUT2D eigenvalue weighted by molar-refractivity contribution is 9.10. The Kier molecular flexibility index (Phi) is 6.89. The van der Waals surface area contributed by atoms with Crippen LogP contribution in [0.3, 0.4) is 0 Å². The summed E-state index contributed by atoms with van der Waals surface area (Å²) in [7, 11) is 1.37. The Morgan fingerprint density at radius 3 is 2.14 bits per heavy atom. The molecule has 184 valence electrons. The molecule has 0 bridgehead atoms. The third-order valence-corrected chi connectivity index (χ3v) is 5.84. The fraction of sp³-hybridized carbons (Fsp3) is 0.346. The molecule has 2 aromatic heterocycles. The lowest BCUT2D eigenvalue weighted by molar-refractivity contribution is 0.0600. The zero-order chi connectivity index (χ0) is 25.2. The number of rotatable bonds is 2. The molecule has 1 aromatic carbocycles. The van der Waals surface area contributed by atoms with Crippen LogP contribution in [0.25, 0.3) is 11.3 Å². The van der Waals surface area contributed by atoms with Crippen molar-refractivity contribution in [1.82, 2.24) is 9.97 Å². The molecule has 35 heavy (non-hydrogen) atoms. The van der Waals surface area contributed by atoms with Crippen molar-refractivity contribution in [2.45, 2.75) is 38.9 Å². The van der Waals surface area contributed by atoms with E-state index in [0.29, 0.717) is 12.1 Å². The van der Waals surface area contributed by atoms with Crippen LogP contribution in [0.15, 0.2) is 53.1 Å². The third kappa shape index (κ3) is 6.03. The van der Waals surface area contributed by atoms with Gasteiger partial charge < -0.3 is 24.8 Å². The van der Waals surface area contributed by atoms with E-state index in [1.54, 1.807) is 12.1 Å². The normalized spacial score (nSPS) is 16.4. The van der Waals surface area contributed by atoms with E-state index >= 15 is 0 Å². The van der Waals surface area contributed by atoms with E-state index in [1.165, 1.54) is 7.11 Å². The first-order chi connectivity index (χ1) is 16.5. The summed E-state index contributed by atoms with van der Waals surface area (Å²) in [4.78, 5) is 20.5. The van der Waals surface area contributed by atoms with E-state index in [2.05, 4.69) is 36.5 Å². The van der Waals surface area contributed by atoms with Crippen molar-refractivity contribution in [1.29, 1.82) is 0 Å². The number of methoxy groups -OCH3 is 1. The van der Waals surface area contributed by atoms with Crippen molar-refractivity contribution in [3.8, 4) is 22.8 Å². The van der Waals surface area contributed by atoms with Crippen LogP contribution in [0.2, 0.25) is 0 Å². The van der Waals surface area contributed by atoms with Gasteiger partial charge in [0.05, 0.1) is 31.5 Å². The Balaban J connectivity index is 0.000000189. The van der Waals surface area contributed by atoms with E-state index in [4.69, 9.17) is 14.2 Å². The van der Waals surface area contributed by atoms with Crippen molar-refractivity contribution in [3.63, 3.8) is 0 Å². The summed E-state index contributed by atoms with van der Waals surface area (Å²) in [6, 6.07) is 14.8. The molecule has 0 amide bonds. The lowest BCUT2D eigenvalue weighted by atomic mass is 10.1. The molecule has 0 atom stereocenters. The number of carbonyl (C=O) groups excluding carboxylic acids is 1. The van der Waals surface area contributed by atoms with Gasteiger partial charge >= 0.3 is 5.97 Å². The van der Waals surface area contributed by atoms with Crippen LogP contribution in [0.4, 0.5) is 11.6 Å². The van der Waals surface area contributed by atoms with Crippen LogP contribution >= 0.6 is 15.9 Å². The maximum atomic E-state index is 11.6. The monoisotopic (exact) mass is 540 g/mol. The number of halogens is 1. The Bertz CT molecular complexity index is 1250. The maximum absolute atomic E-state index is 11.6. The summed E-state index contributed by atoms with van der Waals surface area (Å²) >= 11 is 3.31. The second-order valence-corrected chi connectivity index (χ2v) is 10.3. The second kappa shape index (κ2) is 9.73. The number of carbonyl (C=O) groups is 1. The van der Waals surface area contributed by atoms with Gasteiger partial charge in [-0.05, 0) is 80.0 Å². The minimum absolute atomic E-state index is 0.150. The van der Waals surface area contributed by atoms with Gasteiger partial charge in [0, 0.05) is 5.56 Å².